The smallest absolute Gasteiger partial charge is 0.321 e. The predicted molar refractivity (Wildman–Crippen MR) is 95.2 cm³/mol. The maximum atomic E-state index is 12.3. The first-order chi connectivity index (χ1) is 11.3. The van der Waals surface area contributed by atoms with Crippen molar-refractivity contribution in [2.45, 2.75) is 31.9 Å². The van der Waals surface area contributed by atoms with Crippen LogP contribution in [0.5, 0.6) is 5.75 Å². The first-order valence-corrected chi connectivity index (χ1v) is 9.95. The number of piperidine rings is 1. The van der Waals surface area contributed by atoms with Crippen LogP contribution in [0.1, 0.15) is 26.7 Å². The van der Waals surface area contributed by atoms with Gasteiger partial charge < -0.3 is 15.0 Å². The normalized spacial score (nSPS) is 16.2. The van der Waals surface area contributed by atoms with E-state index in [1.807, 2.05) is 13.8 Å². The molecule has 1 aliphatic heterocycles. The highest BCUT2D eigenvalue weighted by Gasteiger charge is 2.31. The summed E-state index contributed by atoms with van der Waals surface area (Å²) in [6, 6.07) is 6.95. The number of anilines is 1. The Morgan fingerprint density at radius 2 is 2.00 bits per heavy atom. The van der Waals surface area contributed by atoms with Gasteiger partial charge in [0.1, 0.15) is 5.75 Å². The van der Waals surface area contributed by atoms with E-state index in [4.69, 9.17) is 4.74 Å². The van der Waals surface area contributed by atoms with Gasteiger partial charge in [0.25, 0.3) is 0 Å². The molecule has 134 valence electrons. The van der Waals surface area contributed by atoms with Gasteiger partial charge in [0.05, 0.1) is 18.1 Å². The Labute approximate surface area is 144 Å². The molecule has 1 N–H and O–H groups in total. The van der Waals surface area contributed by atoms with Crippen molar-refractivity contribution in [3.63, 3.8) is 0 Å². The zero-order valence-corrected chi connectivity index (χ0v) is 15.3. The van der Waals surface area contributed by atoms with Crippen LogP contribution in [0.3, 0.4) is 0 Å². The first kappa shape index (κ1) is 18.6. The molecule has 0 spiro atoms. The monoisotopic (exact) mass is 354 g/mol. The number of urea groups is 1. The highest BCUT2D eigenvalue weighted by molar-refractivity contribution is 7.92. The average molecular weight is 354 g/mol. The van der Waals surface area contributed by atoms with Gasteiger partial charge in [0.2, 0.25) is 0 Å². The summed E-state index contributed by atoms with van der Waals surface area (Å²) >= 11 is 0. The molecule has 0 bridgehead atoms. The fourth-order valence-corrected chi connectivity index (χ4v) is 5.05. The highest BCUT2D eigenvalue weighted by atomic mass is 32.2. The average Bonchev–Trinajstić information content (AvgIpc) is 2.54. The Balaban J connectivity index is 1.90. The molecule has 1 heterocycles. The molecular weight excluding hydrogens is 328 g/mol. The van der Waals surface area contributed by atoms with Crippen LogP contribution in [0.4, 0.5) is 10.5 Å². The third-order valence-corrected chi connectivity index (χ3v) is 6.74. The topological polar surface area (TPSA) is 75.7 Å². The van der Waals surface area contributed by atoms with Crippen LogP contribution in [0.25, 0.3) is 0 Å². The molecule has 1 saturated heterocycles. The standard InChI is InChI=1S/C17H26N2O4S/c1-13(2)12-24(21,22)16-7-9-19(10-8-16)17(20)18-14-5-4-6-15(11-14)23-3/h4-6,11,13,16H,7-10,12H2,1-3H3,(H,18,20). The fourth-order valence-electron chi connectivity index (χ4n) is 2.92. The van der Waals surface area contributed by atoms with Gasteiger partial charge in [-0.1, -0.05) is 19.9 Å². The van der Waals surface area contributed by atoms with Crippen molar-refractivity contribution < 1.29 is 17.9 Å². The Morgan fingerprint density at radius 1 is 1.33 bits per heavy atom. The summed E-state index contributed by atoms with van der Waals surface area (Å²) in [5, 5.41) is 2.50. The molecule has 0 radical (unpaired) electrons. The number of ether oxygens (including phenoxy) is 1. The zero-order chi connectivity index (χ0) is 17.7. The van der Waals surface area contributed by atoms with E-state index in [9.17, 15) is 13.2 Å². The minimum Gasteiger partial charge on any atom is -0.497 e. The Bertz CT molecular complexity index is 665. The number of amides is 2. The Morgan fingerprint density at radius 3 is 2.58 bits per heavy atom. The molecule has 2 amide bonds. The molecule has 1 aliphatic rings. The second-order valence-electron chi connectivity index (χ2n) is 6.57. The number of benzene rings is 1. The van der Waals surface area contributed by atoms with E-state index < -0.39 is 9.84 Å². The van der Waals surface area contributed by atoms with Crippen molar-refractivity contribution in [3.8, 4) is 5.75 Å². The van der Waals surface area contributed by atoms with Crippen LogP contribution in [0, 0.1) is 5.92 Å². The molecule has 0 unspecified atom stereocenters. The predicted octanol–water partition coefficient (Wildman–Crippen LogP) is 2.76. The lowest BCUT2D eigenvalue weighted by molar-refractivity contribution is 0.200. The maximum absolute atomic E-state index is 12.3. The molecule has 1 aromatic carbocycles. The lowest BCUT2D eigenvalue weighted by Crippen LogP contribution is -2.45. The molecule has 0 atom stereocenters. The molecule has 2 rings (SSSR count). The summed E-state index contributed by atoms with van der Waals surface area (Å²) in [5.41, 5.74) is 0.661. The summed E-state index contributed by atoms with van der Waals surface area (Å²) in [7, 11) is -1.50. The van der Waals surface area contributed by atoms with Gasteiger partial charge in [-0.15, -0.1) is 0 Å². The number of carbonyl (C=O) groups is 1. The zero-order valence-electron chi connectivity index (χ0n) is 14.5. The number of nitrogens with zero attached hydrogens (tertiary/aromatic N) is 1. The summed E-state index contributed by atoms with van der Waals surface area (Å²) in [6.07, 6.45) is 1.00. The molecular formula is C17H26N2O4S. The number of likely N-dealkylation sites (tertiary alicyclic amines) is 1. The SMILES string of the molecule is COc1cccc(NC(=O)N2CCC(S(=O)(=O)CC(C)C)CC2)c1. The van der Waals surface area contributed by atoms with Crippen molar-refractivity contribution in [3.05, 3.63) is 24.3 Å². The number of hydrogen-bond donors (Lipinski definition) is 1. The highest BCUT2D eigenvalue weighted by Crippen LogP contribution is 2.22. The molecule has 1 fully saturated rings. The Kier molecular flexibility index (Phi) is 6.10. The van der Waals surface area contributed by atoms with Gasteiger partial charge in [0.15, 0.2) is 9.84 Å². The van der Waals surface area contributed by atoms with Crippen molar-refractivity contribution in [2.24, 2.45) is 5.92 Å². The Hall–Kier alpha value is -1.76. The summed E-state index contributed by atoms with van der Waals surface area (Å²) in [4.78, 5) is 14.0. The lowest BCUT2D eigenvalue weighted by Gasteiger charge is -2.32. The largest absolute Gasteiger partial charge is 0.497 e. The number of carbonyl (C=O) groups excluding carboxylic acids is 1. The number of nitrogens with one attached hydrogen (secondary N) is 1. The van der Waals surface area contributed by atoms with Gasteiger partial charge in [-0.05, 0) is 30.9 Å². The van der Waals surface area contributed by atoms with Crippen LogP contribution in [0.15, 0.2) is 24.3 Å². The van der Waals surface area contributed by atoms with Crippen LogP contribution >= 0.6 is 0 Å². The van der Waals surface area contributed by atoms with Gasteiger partial charge >= 0.3 is 6.03 Å². The van der Waals surface area contributed by atoms with Gasteiger partial charge in [-0.2, -0.15) is 0 Å². The van der Waals surface area contributed by atoms with Crippen LogP contribution in [-0.2, 0) is 9.84 Å². The number of hydrogen-bond acceptors (Lipinski definition) is 4. The fraction of sp³-hybridized carbons (Fsp3) is 0.588. The van der Waals surface area contributed by atoms with E-state index in [1.54, 1.807) is 36.3 Å². The van der Waals surface area contributed by atoms with E-state index in [-0.39, 0.29) is 23.0 Å². The van der Waals surface area contributed by atoms with Gasteiger partial charge in [-0.3, -0.25) is 0 Å². The second kappa shape index (κ2) is 7.88. The molecule has 7 heteroatoms. The van der Waals surface area contributed by atoms with Crippen LogP contribution < -0.4 is 10.1 Å². The van der Waals surface area contributed by atoms with E-state index in [1.165, 1.54) is 0 Å². The quantitative estimate of drug-likeness (QED) is 0.882. The van der Waals surface area contributed by atoms with E-state index >= 15 is 0 Å². The molecule has 1 aromatic rings. The number of methoxy groups -OCH3 is 1. The van der Waals surface area contributed by atoms with Crippen molar-refractivity contribution in [2.75, 3.05) is 31.3 Å². The van der Waals surface area contributed by atoms with E-state index in [0.29, 0.717) is 37.4 Å². The third-order valence-electron chi connectivity index (χ3n) is 4.12. The van der Waals surface area contributed by atoms with Gasteiger partial charge in [0, 0.05) is 24.8 Å². The first-order valence-electron chi connectivity index (χ1n) is 8.23. The minimum absolute atomic E-state index is 0.129. The van der Waals surface area contributed by atoms with E-state index in [2.05, 4.69) is 5.32 Å². The molecule has 0 aliphatic carbocycles. The van der Waals surface area contributed by atoms with Crippen molar-refractivity contribution >= 4 is 21.6 Å². The molecule has 0 saturated carbocycles. The van der Waals surface area contributed by atoms with Crippen LogP contribution in [-0.4, -0.2) is 50.6 Å². The second-order valence-corrected chi connectivity index (χ2v) is 8.90. The van der Waals surface area contributed by atoms with Crippen LogP contribution in [0.2, 0.25) is 0 Å². The lowest BCUT2D eigenvalue weighted by atomic mass is 10.1. The van der Waals surface area contributed by atoms with Crippen molar-refractivity contribution in [1.82, 2.24) is 4.90 Å². The molecule has 6 nitrogen and oxygen atoms in total. The minimum atomic E-state index is -3.07. The van der Waals surface area contributed by atoms with Gasteiger partial charge in [-0.25, -0.2) is 13.2 Å². The number of sulfone groups is 1. The third kappa shape index (κ3) is 4.87. The molecule has 24 heavy (non-hydrogen) atoms. The summed E-state index contributed by atoms with van der Waals surface area (Å²) in [5.74, 6) is 1.02. The summed E-state index contributed by atoms with van der Waals surface area (Å²) in [6.45, 7) is 4.73. The number of rotatable bonds is 5. The maximum Gasteiger partial charge on any atom is 0.321 e. The van der Waals surface area contributed by atoms with Crippen molar-refractivity contribution in [1.29, 1.82) is 0 Å². The summed E-state index contributed by atoms with van der Waals surface area (Å²) < 4.78 is 29.7. The van der Waals surface area contributed by atoms with E-state index in [0.717, 1.165) is 0 Å². The molecule has 0 aromatic heterocycles.